The van der Waals surface area contributed by atoms with Gasteiger partial charge in [-0.05, 0) is 31.5 Å². The van der Waals surface area contributed by atoms with Crippen LogP contribution in [0.4, 0.5) is 11.4 Å². The number of anilines is 2. The van der Waals surface area contributed by atoms with Crippen LogP contribution in [0.25, 0.3) is 0 Å². The highest BCUT2D eigenvalue weighted by Crippen LogP contribution is 2.25. The topological polar surface area (TPSA) is 61.9 Å². The molecule has 1 saturated heterocycles. The van der Waals surface area contributed by atoms with E-state index in [4.69, 9.17) is 4.74 Å². The number of nitrogens with one attached hydrogen (secondary N) is 1. The number of aryl methyl sites for hydroxylation is 1. The Balaban J connectivity index is 2.09. The summed E-state index contributed by atoms with van der Waals surface area (Å²) in [4.78, 5) is 2.29. The van der Waals surface area contributed by atoms with E-state index >= 15 is 0 Å². The lowest BCUT2D eigenvalue weighted by Crippen LogP contribution is -2.36. The first-order chi connectivity index (χ1) is 10.8. The van der Waals surface area contributed by atoms with Crippen molar-refractivity contribution in [2.24, 2.45) is 0 Å². The molecular formula is C16H27N3O3S. The lowest BCUT2D eigenvalue weighted by molar-refractivity contribution is 0.122. The molecule has 2 rings (SSSR count). The number of rotatable bonds is 6. The zero-order valence-electron chi connectivity index (χ0n) is 14.4. The predicted molar refractivity (Wildman–Crippen MR) is 94.8 cm³/mol. The minimum Gasteiger partial charge on any atom is -0.381 e. The molecular weight excluding hydrogens is 314 g/mol. The van der Waals surface area contributed by atoms with Crippen LogP contribution < -0.4 is 10.2 Å². The van der Waals surface area contributed by atoms with Crippen LogP contribution in [0.15, 0.2) is 18.2 Å². The summed E-state index contributed by atoms with van der Waals surface area (Å²) in [6.07, 6.45) is 0. The lowest BCUT2D eigenvalue weighted by atomic mass is 10.1. The average Bonchev–Trinajstić information content (AvgIpc) is 2.49. The number of sulfonamides is 1. The van der Waals surface area contributed by atoms with Crippen LogP contribution in [0.2, 0.25) is 0 Å². The summed E-state index contributed by atoms with van der Waals surface area (Å²) in [7, 11) is -0.0934. The van der Waals surface area contributed by atoms with Gasteiger partial charge in [0.2, 0.25) is 10.0 Å². The Hall–Kier alpha value is -1.31. The molecule has 7 heteroatoms. The zero-order chi connectivity index (χ0) is 17.0. The predicted octanol–water partition coefficient (Wildman–Crippen LogP) is 1.52. The molecule has 0 aromatic heterocycles. The fourth-order valence-corrected chi connectivity index (χ4v) is 3.57. The van der Waals surface area contributed by atoms with Crippen molar-refractivity contribution in [1.29, 1.82) is 0 Å². The molecule has 0 radical (unpaired) electrons. The van der Waals surface area contributed by atoms with Gasteiger partial charge in [-0.25, -0.2) is 12.7 Å². The van der Waals surface area contributed by atoms with Crippen molar-refractivity contribution in [2.75, 3.05) is 56.4 Å². The van der Waals surface area contributed by atoms with Gasteiger partial charge in [-0.15, -0.1) is 0 Å². The zero-order valence-corrected chi connectivity index (χ0v) is 15.2. The van der Waals surface area contributed by atoms with Crippen LogP contribution >= 0.6 is 0 Å². The molecule has 1 heterocycles. The maximum absolute atomic E-state index is 12.0. The highest BCUT2D eigenvalue weighted by molar-refractivity contribution is 7.89. The summed E-state index contributed by atoms with van der Waals surface area (Å²) in [5.41, 5.74) is 3.23. The fourth-order valence-electron chi connectivity index (χ4n) is 2.56. The molecule has 0 bridgehead atoms. The average molecular weight is 341 g/mol. The maximum Gasteiger partial charge on any atom is 0.215 e. The SMILES string of the molecule is Cc1ccc(N2CCOCC2)cc1NC(C)CS(=O)(=O)N(C)C. The lowest BCUT2D eigenvalue weighted by Gasteiger charge is -2.30. The first kappa shape index (κ1) is 18.0. The Kier molecular flexibility index (Phi) is 5.89. The Labute approximate surface area is 139 Å². The highest BCUT2D eigenvalue weighted by Gasteiger charge is 2.19. The van der Waals surface area contributed by atoms with Crippen LogP contribution in [0.5, 0.6) is 0 Å². The first-order valence-electron chi connectivity index (χ1n) is 7.89. The van der Waals surface area contributed by atoms with Gasteiger partial charge in [0.05, 0.1) is 19.0 Å². The first-order valence-corrected chi connectivity index (χ1v) is 9.50. The van der Waals surface area contributed by atoms with Crippen LogP contribution in [-0.2, 0) is 14.8 Å². The van der Waals surface area contributed by atoms with Gasteiger partial charge in [0.25, 0.3) is 0 Å². The van der Waals surface area contributed by atoms with E-state index in [0.29, 0.717) is 0 Å². The molecule has 1 unspecified atom stereocenters. The van der Waals surface area contributed by atoms with Gasteiger partial charge in [-0.1, -0.05) is 6.07 Å². The molecule has 1 N–H and O–H groups in total. The smallest absolute Gasteiger partial charge is 0.215 e. The normalized spacial score (nSPS) is 17.3. The molecule has 1 atom stereocenters. The number of hydrogen-bond acceptors (Lipinski definition) is 5. The summed E-state index contributed by atoms with van der Waals surface area (Å²) in [6, 6.07) is 6.10. The maximum atomic E-state index is 12.0. The van der Waals surface area contributed by atoms with E-state index in [1.54, 1.807) is 14.1 Å². The van der Waals surface area contributed by atoms with Gasteiger partial charge in [0.15, 0.2) is 0 Å². The molecule has 1 aromatic carbocycles. The van der Waals surface area contributed by atoms with Crippen LogP contribution in [0.3, 0.4) is 0 Å². The molecule has 0 saturated carbocycles. The number of nitrogens with zero attached hydrogens (tertiary/aromatic N) is 2. The summed E-state index contributed by atoms with van der Waals surface area (Å²) in [6.45, 7) is 7.17. The third kappa shape index (κ3) is 4.83. The minimum atomic E-state index is -3.22. The molecule has 1 fully saturated rings. The third-order valence-electron chi connectivity index (χ3n) is 4.02. The van der Waals surface area contributed by atoms with Crippen molar-refractivity contribution in [3.63, 3.8) is 0 Å². The van der Waals surface area contributed by atoms with Gasteiger partial charge < -0.3 is 15.0 Å². The second-order valence-electron chi connectivity index (χ2n) is 6.20. The molecule has 0 aliphatic carbocycles. The molecule has 1 aliphatic rings. The second kappa shape index (κ2) is 7.51. The van der Waals surface area contributed by atoms with E-state index in [1.807, 2.05) is 13.8 Å². The number of hydrogen-bond donors (Lipinski definition) is 1. The van der Waals surface area contributed by atoms with Gasteiger partial charge in [-0.2, -0.15) is 0 Å². The van der Waals surface area contributed by atoms with Crippen molar-refractivity contribution in [3.8, 4) is 0 Å². The number of benzene rings is 1. The minimum absolute atomic E-state index is 0.0707. The van der Waals surface area contributed by atoms with Crippen LogP contribution in [-0.4, -0.2) is 64.9 Å². The largest absolute Gasteiger partial charge is 0.381 e. The van der Waals surface area contributed by atoms with E-state index in [1.165, 1.54) is 4.31 Å². The fraction of sp³-hybridized carbons (Fsp3) is 0.625. The quantitative estimate of drug-likeness (QED) is 0.850. The van der Waals surface area contributed by atoms with E-state index in [2.05, 4.69) is 28.4 Å². The molecule has 23 heavy (non-hydrogen) atoms. The van der Waals surface area contributed by atoms with Crippen molar-refractivity contribution in [1.82, 2.24) is 4.31 Å². The summed E-state index contributed by atoms with van der Waals surface area (Å²) in [5.74, 6) is 0.0707. The van der Waals surface area contributed by atoms with Crippen molar-refractivity contribution >= 4 is 21.4 Å². The summed E-state index contributed by atoms with van der Waals surface area (Å²) >= 11 is 0. The van der Waals surface area contributed by atoms with Crippen molar-refractivity contribution < 1.29 is 13.2 Å². The molecule has 130 valence electrons. The van der Waals surface area contributed by atoms with E-state index < -0.39 is 10.0 Å². The molecule has 0 amide bonds. The molecule has 6 nitrogen and oxygen atoms in total. The third-order valence-corrected chi connectivity index (χ3v) is 6.05. The number of ether oxygens (including phenoxy) is 1. The van der Waals surface area contributed by atoms with Gasteiger partial charge >= 0.3 is 0 Å². The Bertz CT molecular complexity index is 625. The van der Waals surface area contributed by atoms with Crippen LogP contribution in [0, 0.1) is 6.92 Å². The highest BCUT2D eigenvalue weighted by atomic mass is 32.2. The monoisotopic (exact) mass is 341 g/mol. The van der Waals surface area contributed by atoms with E-state index in [-0.39, 0.29) is 11.8 Å². The Morgan fingerprint density at radius 1 is 1.30 bits per heavy atom. The Morgan fingerprint density at radius 2 is 1.96 bits per heavy atom. The number of morpholine rings is 1. The molecule has 0 spiro atoms. The van der Waals surface area contributed by atoms with Crippen molar-refractivity contribution in [3.05, 3.63) is 23.8 Å². The molecule has 1 aromatic rings. The standard InChI is InChI=1S/C16H27N3O3S/c1-13-5-6-15(19-7-9-22-10-8-19)11-16(13)17-14(2)12-23(20,21)18(3)4/h5-6,11,14,17H,7-10,12H2,1-4H3. The van der Waals surface area contributed by atoms with Crippen LogP contribution in [0.1, 0.15) is 12.5 Å². The summed E-state index contributed by atoms with van der Waals surface area (Å²) < 4.78 is 30.6. The second-order valence-corrected chi connectivity index (χ2v) is 8.43. The van der Waals surface area contributed by atoms with E-state index in [9.17, 15) is 8.42 Å². The van der Waals surface area contributed by atoms with Gasteiger partial charge in [0, 0.05) is 44.6 Å². The van der Waals surface area contributed by atoms with Gasteiger partial charge in [-0.3, -0.25) is 0 Å². The molecule has 1 aliphatic heterocycles. The van der Waals surface area contributed by atoms with Gasteiger partial charge in [0.1, 0.15) is 0 Å². The van der Waals surface area contributed by atoms with E-state index in [0.717, 1.165) is 43.2 Å². The summed E-state index contributed by atoms with van der Waals surface area (Å²) in [5, 5.41) is 3.34. The Morgan fingerprint density at radius 3 is 2.57 bits per heavy atom. The van der Waals surface area contributed by atoms with Crippen molar-refractivity contribution in [2.45, 2.75) is 19.9 Å².